The molecular weight excluding hydrogens is 228 g/mol. The molecule has 2 aromatic heterocycles. The van der Waals surface area contributed by atoms with E-state index in [4.69, 9.17) is 4.52 Å². The van der Waals surface area contributed by atoms with Gasteiger partial charge in [0.15, 0.2) is 0 Å². The normalized spacial score (nSPS) is 16.8. The fourth-order valence-corrected chi connectivity index (χ4v) is 2.45. The Balaban J connectivity index is 1.81. The largest absolute Gasteiger partial charge is 0.361 e. The zero-order valence-corrected chi connectivity index (χ0v) is 11.0. The molecule has 5 nitrogen and oxygen atoms in total. The van der Waals surface area contributed by atoms with Crippen molar-refractivity contribution in [1.29, 1.82) is 0 Å². The van der Waals surface area contributed by atoms with Gasteiger partial charge in [0.1, 0.15) is 5.76 Å². The van der Waals surface area contributed by atoms with Crippen molar-refractivity contribution in [1.82, 2.24) is 14.7 Å². The lowest BCUT2D eigenvalue weighted by Crippen LogP contribution is -2.12. The maximum Gasteiger partial charge on any atom is 0.203 e. The average molecular weight is 246 g/mol. The van der Waals surface area contributed by atoms with Gasteiger partial charge in [-0.25, -0.2) is 4.98 Å². The van der Waals surface area contributed by atoms with Crippen molar-refractivity contribution in [3.63, 3.8) is 0 Å². The molecule has 1 unspecified atom stereocenters. The molecule has 18 heavy (non-hydrogen) atoms. The number of aromatic nitrogens is 3. The zero-order valence-electron chi connectivity index (χ0n) is 11.0. The SMILES string of the molecule is Cc1noc(C)c1C(C)Nc1nccn1C1CC1. The standard InChI is InChI=1S/C13H18N4O/c1-8(12-9(2)16-18-10(12)3)15-13-14-6-7-17(13)11-4-5-11/h6-8,11H,4-5H2,1-3H3,(H,14,15). The summed E-state index contributed by atoms with van der Waals surface area (Å²) in [5.74, 6) is 1.81. The highest BCUT2D eigenvalue weighted by molar-refractivity contribution is 5.36. The van der Waals surface area contributed by atoms with E-state index in [1.165, 1.54) is 12.8 Å². The van der Waals surface area contributed by atoms with Gasteiger partial charge >= 0.3 is 0 Å². The number of rotatable bonds is 4. The third kappa shape index (κ3) is 1.89. The van der Waals surface area contributed by atoms with Crippen molar-refractivity contribution in [2.75, 3.05) is 5.32 Å². The second kappa shape index (κ2) is 4.15. The monoisotopic (exact) mass is 246 g/mol. The Kier molecular flexibility index (Phi) is 2.61. The summed E-state index contributed by atoms with van der Waals surface area (Å²) in [6, 6.07) is 0.781. The molecule has 0 aliphatic heterocycles. The number of imidazole rings is 1. The summed E-state index contributed by atoms with van der Waals surface area (Å²) >= 11 is 0. The van der Waals surface area contributed by atoms with Gasteiger partial charge in [0, 0.05) is 24.0 Å². The van der Waals surface area contributed by atoms with E-state index in [1.54, 1.807) is 0 Å². The molecule has 96 valence electrons. The molecule has 0 spiro atoms. The van der Waals surface area contributed by atoms with Crippen molar-refractivity contribution >= 4 is 5.95 Å². The molecule has 1 fully saturated rings. The molecular formula is C13H18N4O. The van der Waals surface area contributed by atoms with Crippen LogP contribution in [0.5, 0.6) is 0 Å². The predicted octanol–water partition coefficient (Wildman–Crippen LogP) is 3.00. The molecule has 0 amide bonds. The Morgan fingerprint density at radius 3 is 2.83 bits per heavy atom. The highest BCUT2D eigenvalue weighted by Gasteiger charge is 2.26. The molecule has 1 aliphatic rings. The van der Waals surface area contributed by atoms with E-state index < -0.39 is 0 Å². The third-order valence-corrected chi connectivity index (χ3v) is 3.48. The molecule has 5 heteroatoms. The number of nitrogens with zero attached hydrogens (tertiary/aromatic N) is 3. The summed E-state index contributed by atoms with van der Waals surface area (Å²) in [7, 11) is 0. The van der Waals surface area contributed by atoms with Gasteiger partial charge in [0.2, 0.25) is 5.95 Å². The van der Waals surface area contributed by atoms with Crippen molar-refractivity contribution < 1.29 is 4.52 Å². The maximum absolute atomic E-state index is 5.21. The lowest BCUT2D eigenvalue weighted by molar-refractivity contribution is 0.392. The second-order valence-corrected chi connectivity index (χ2v) is 4.99. The van der Waals surface area contributed by atoms with Gasteiger partial charge in [-0.1, -0.05) is 5.16 Å². The summed E-state index contributed by atoms with van der Waals surface area (Å²) in [5, 5.41) is 7.44. The minimum absolute atomic E-state index is 0.149. The maximum atomic E-state index is 5.21. The van der Waals surface area contributed by atoms with Gasteiger partial charge in [-0.2, -0.15) is 0 Å². The van der Waals surface area contributed by atoms with Crippen LogP contribution in [0.4, 0.5) is 5.95 Å². The minimum atomic E-state index is 0.149. The van der Waals surface area contributed by atoms with Crippen LogP contribution in [0, 0.1) is 13.8 Å². The Labute approximate surface area is 106 Å². The number of hydrogen-bond donors (Lipinski definition) is 1. The summed E-state index contributed by atoms with van der Waals surface area (Å²) in [6.45, 7) is 6.02. The van der Waals surface area contributed by atoms with Crippen molar-refractivity contribution in [2.45, 2.75) is 45.7 Å². The zero-order chi connectivity index (χ0) is 12.7. The number of hydrogen-bond acceptors (Lipinski definition) is 4. The van der Waals surface area contributed by atoms with Gasteiger partial charge < -0.3 is 14.4 Å². The summed E-state index contributed by atoms with van der Waals surface area (Å²) in [6.07, 6.45) is 6.40. The fraction of sp³-hybridized carbons (Fsp3) is 0.538. The summed E-state index contributed by atoms with van der Waals surface area (Å²) in [4.78, 5) is 4.39. The third-order valence-electron chi connectivity index (χ3n) is 3.48. The van der Waals surface area contributed by atoms with Gasteiger partial charge in [-0.15, -0.1) is 0 Å². The molecule has 3 rings (SSSR count). The van der Waals surface area contributed by atoms with Gasteiger partial charge in [-0.3, -0.25) is 0 Å². The number of nitrogens with one attached hydrogen (secondary N) is 1. The van der Waals surface area contributed by atoms with Crippen LogP contribution in [0.15, 0.2) is 16.9 Å². The lowest BCUT2D eigenvalue weighted by atomic mass is 10.1. The van der Waals surface area contributed by atoms with Crippen LogP contribution in [0.25, 0.3) is 0 Å². The minimum Gasteiger partial charge on any atom is -0.361 e. The van der Waals surface area contributed by atoms with E-state index >= 15 is 0 Å². The van der Waals surface area contributed by atoms with E-state index in [-0.39, 0.29) is 6.04 Å². The van der Waals surface area contributed by atoms with E-state index in [2.05, 4.69) is 26.9 Å². The number of aryl methyl sites for hydroxylation is 2. The van der Waals surface area contributed by atoms with E-state index in [0.717, 1.165) is 23.0 Å². The first-order valence-corrected chi connectivity index (χ1v) is 6.39. The first-order valence-electron chi connectivity index (χ1n) is 6.39. The Hall–Kier alpha value is -1.78. The lowest BCUT2D eigenvalue weighted by Gasteiger charge is -2.15. The molecule has 0 saturated heterocycles. The van der Waals surface area contributed by atoms with Crippen molar-refractivity contribution in [3.8, 4) is 0 Å². The molecule has 2 aromatic rings. The van der Waals surface area contributed by atoms with Crippen LogP contribution in [-0.4, -0.2) is 14.7 Å². The Morgan fingerprint density at radius 1 is 1.44 bits per heavy atom. The van der Waals surface area contributed by atoms with Crippen molar-refractivity contribution in [2.24, 2.45) is 0 Å². The van der Waals surface area contributed by atoms with E-state index in [0.29, 0.717) is 6.04 Å². The highest BCUT2D eigenvalue weighted by atomic mass is 16.5. The fourth-order valence-electron chi connectivity index (χ4n) is 2.45. The number of anilines is 1. The van der Waals surface area contributed by atoms with E-state index in [1.807, 2.05) is 26.2 Å². The summed E-state index contributed by atoms with van der Waals surface area (Å²) in [5.41, 5.74) is 2.07. The van der Waals surface area contributed by atoms with Gasteiger partial charge in [-0.05, 0) is 33.6 Å². The topological polar surface area (TPSA) is 55.9 Å². The Morgan fingerprint density at radius 2 is 2.22 bits per heavy atom. The molecule has 0 aromatic carbocycles. The van der Waals surface area contributed by atoms with Gasteiger partial charge in [0.25, 0.3) is 0 Å². The van der Waals surface area contributed by atoms with Crippen molar-refractivity contribution in [3.05, 3.63) is 29.4 Å². The first-order chi connectivity index (χ1) is 8.66. The molecule has 0 bridgehead atoms. The van der Waals surface area contributed by atoms with Crippen LogP contribution in [0.1, 0.15) is 48.9 Å². The molecule has 1 aliphatic carbocycles. The van der Waals surface area contributed by atoms with Crippen LogP contribution < -0.4 is 5.32 Å². The van der Waals surface area contributed by atoms with E-state index in [9.17, 15) is 0 Å². The summed E-state index contributed by atoms with van der Waals surface area (Å²) < 4.78 is 7.43. The van der Waals surface area contributed by atoms with Crippen LogP contribution in [-0.2, 0) is 0 Å². The highest BCUT2D eigenvalue weighted by Crippen LogP contribution is 2.37. The van der Waals surface area contributed by atoms with Gasteiger partial charge in [0.05, 0.1) is 11.7 Å². The molecule has 1 atom stereocenters. The smallest absolute Gasteiger partial charge is 0.203 e. The first kappa shape index (κ1) is 11.3. The van der Waals surface area contributed by atoms with Crippen LogP contribution >= 0.6 is 0 Å². The predicted molar refractivity (Wildman–Crippen MR) is 68.5 cm³/mol. The second-order valence-electron chi connectivity index (χ2n) is 4.99. The van der Waals surface area contributed by atoms with Crippen LogP contribution in [0.3, 0.4) is 0 Å². The molecule has 1 saturated carbocycles. The Bertz CT molecular complexity index is 534. The average Bonchev–Trinajstić information content (AvgIpc) is 2.98. The quantitative estimate of drug-likeness (QED) is 0.901. The van der Waals surface area contributed by atoms with Crippen LogP contribution in [0.2, 0.25) is 0 Å². The molecule has 0 radical (unpaired) electrons. The molecule has 1 N–H and O–H groups in total. The molecule has 2 heterocycles.